The second-order valence-corrected chi connectivity index (χ2v) is 7.31. The first-order chi connectivity index (χ1) is 8.91. The van der Waals surface area contributed by atoms with E-state index < -0.39 is 10.0 Å². The van der Waals surface area contributed by atoms with Gasteiger partial charge in [-0.1, -0.05) is 22.0 Å². The third-order valence-corrected chi connectivity index (χ3v) is 5.22. The highest BCUT2D eigenvalue weighted by Crippen LogP contribution is 2.21. The van der Waals surface area contributed by atoms with Gasteiger partial charge in [-0.25, -0.2) is 13.4 Å². The van der Waals surface area contributed by atoms with E-state index >= 15 is 0 Å². The van der Waals surface area contributed by atoms with E-state index in [0.717, 1.165) is 22.3 Å². The molecule has 0 spiro atoms. The number of aryl methyl sites for hydroxylation is 1. The molecule has 1 aromatic rings. The van der Waals surface area contributed by atoms with Crippen molar-refractivity contribution in [3.63, 3.8) is 0 Å². The van der Waals surface area contributed by atoms with Crippen LogP contribution < -0.4 is 4.90 Å². The Labute approximate surface area is 122 Å². The largest absolute Gasteiger partial charge is 0.354 e. The van der Waals surface area contributed by atoms with Crippen LogP contribution in [-0.2, 0) is 15.4 Å². The lowest BCUT2D eigenvalue weighted by Crippen LogP contribution is -2.48. The summed E-state index contributed by atoms with van der Waals surface area (Å²) in [6.45, 7) is 4.47. The number of alkyl halides is 1. The summed E-state index contributed by atoms with van der Waals surface area (Å²) in [4.78, 5) is 6.64. The zero-order valence-electron chi connectivity index (χ0n) is 11.1. The molecule has 0 saturated carbocycles. The van der Waals surface area contributed by atoms with E-state index in [-0.39, 0.29) is 0 Å². The molecule has 5 nitrogen and oxygen atoms in total. The van der Waals surface area contributed by atoms with Gasteiger partial charge in [0.05, 0.1) is 6.26 Å². The van der Waals surface area contributed by atoms with Crippen molar-refractivity contribution in [2.45, 2.75) is 12.3 Å². The van der Waals surface area contributed by atoms with E-state index in [1.807, 2.05) is 13.1 Å². The molecule has 0 aromatic carbocycles. The fourth-order valence-electron chi connectivity index (χ4n) is 2.26. The van der Waals surface area contributed by atoms with Crippen molar-refractivity contribution in [3.05, 3.63) is 23.4 Å². The summed E-state index contributed by atoms with van der Waals surface area (Å²) >= 11 is 3.41. The highest BCUT2D eigenvalue weighted by atomic mass is 79.9. The van der Waals surface area contributed by atoms with Crippen molar-refractivity contribution in [1.82, 2.24) is 9.29 Å². The van der Waals surface area contributed by atoms with E-state index in [9.17, 15) is 8.42 Å². The standard InChI is InChI=1S/C12H18BrN3O2S/c1-10-7-11(8-13)9-14-12(10)15-3-5-16(6-4-15)19(2,17)18/h7,9H,3-6,8H2,1-2H3. The second-order valence-electron chi connectivity index (χ2n) is 4.77. The molecule has 7 heteroatoms. The maximum Gasteiger partial charge on any atom is 0.211 e. The number of hydrogen-bond donors (Lipinski definition) is 0. The van der Waals surface area contributed by atoms with Crippen LogP contribution in [0.2, 0.25) is 0 Å². The van der Waals surface area contributed by atoms with Crippen LogP contribution >= 0.6 is 15.9 Å². The Hall–Kier alpha value is -0.660. The van der Waals surface area contributed by atoms with E-state index in [1.54, 1.807) is 0 Å². The van der Waals surface area contributed by atoms with Crippen molar-refractivity contribution < 1.29 is 8.42 Å². The highest BCUT2D eigenvalue weighted by Gasteiger charge is 2.24. The number of rotatable bonds is 3. The van der Waals surface area contributed by atoms with E-state index in [1.165, 1.54) is 10.6 Å². The van der Waals surface area contributed by atoms with Gasteiger partial charge in [-0.2, -0.15) is 4.31 Å². The van der Waals surface area contributed by atoms with Gasteiger partial charge in [-0.05, 0) is 18.1 Å². The molecule has 1 aliphatic rings. The molecule has 0 atom stereocenters. The van der Waals surface area contributed by atoms with Crippen molar-refractivity contribution in [1.29, 1.82) is 0 Å². The Kier molecular flexibility index (Phi) is 4.47. The lowest BCUT2D eigenvalue weighted by Gasteiger charge is -2.34. The predicted molar refractivity (Wildman–Crippen MR) is 80.2 cm³/mol. The minimum Gasteiger partial charge on any atom is -0.354 e. The van der Waals surface area contributed by atoms with Crippen LogP contribution in [0.4, 0.5) is 5.82 Å². The van der Waals surface area contributed by atoms with Gasteiger partial charge < -0.3 is 4.90 Å². The first-order valence-electron chi connectivity index (χ1n) is 6.13. The second kappa shape index (κ2) is 5.76. The molecule has 1 fully saturated rings. The van der Waals surface area contributed by atoms with Crippen LogP contribution in [0.25, 0.3) is 0 Å². The van der Waals surface area contributed by atoms with Crippen molar-refractivity contribution in [2.24, 2.45) is 0 Å². The molecule has 1 saturated heterocycles. The Bertz CT molecular complexity index is 554. The third kappa shape index (κ3) is 3.46. The Morgan fingerprint density at radius 3 is 2.42 bits per heavy atom. The maximum atomic E-state index is 11.5. The number of aromatic nitrogens is 1. The first-order valence-corrected chi connectivity index (χ1v) is 9.10. The summed E-state index contributed by atoms with van der Waals surface area (Å²) in [6.07, 6.45) is 3.12. The minimum absolute atomic E-state index is 0.528. The van der Waals surface area contributed by atoms with E-state index in [0.29, 0.717) is 26.2 Å². The topological polar surface area (TPSA) is 53.5 Å². The molecule has 1 aliphatic heterocycles. The third-order valence-electron chi connectivity index (χ3n) is 3.27. The van der Waals surface area contributed by atoms with Gasteiger partial charge in [-0.3, -0.25) is 0 Å². The van der Waals surface area contributed by atoms with Gasteiger partial charge in [-0.15, -0.1) is 0 Å². The molecular weight excluding hydrogens is 330 g/mol. The molecule has 106 valence electrons. The van der Waals surface area contributed by atoms with Gasteiger partial charge in [0.2, 0.25) is 10.0 Å². The highest BCUT2D eigenvalue weighted by molar-refractivity contribution is 9.08. The molecule has 0 unspecified atom stereocenters. The minimum atomic E-state index is -3.07. The van der Waals surface area contributed by atoms with Crippen molar-refractivity contribution in [2.75, 3.05) is 37.3 Å². The molecule has 0 amide bonds. The monoisotopic (exact) mass is 347 g/mol. The molecule has 1 aromatic heterocycles. The van der Waals surface area contributed by atoms with Gasteiger partial charge in [0, 0.05) is 37.7 Å². The lowest BCUT2D eigenvalue weighted by molar-refractivity contribution is 0.386. The molecule has 0 radical (unpaired) electrons. The number of nitrogens with zero attached hydrogens (tertiary/aromatic N) is 3. The smallest absolute Gasteiger partial charge is 0.211 e. The zero-order chi connectivity index (χ0) is 14.0. The van der Waals surface area contributed by atoms with Crippen LogP contribution in [0.5, 0.6) is 0 Å². The van der Waals surface area contributed by atoms with Crippen molar-refractivity contribution in [3.8, 4) is 0 Å². The zero-order valence-corrected chi connectivity index (χ0v) is 13.5. The van der Waals surface area contributed by atoms with Crippen LogP contribution in [-0.4, -0.2) is 50.1 Å². The fraction of sp³-hybridized carbons (Fsp3) is 0.583. The maximum absolute atomic E-state index is 11.5. The van der Waals surface area contributed by atoms with E-state index in [2.05, 4.69) is 31.9 Å². The Morgan fingerprint density at radius 2 is 1.95 bits per heavy atom. The number of piperazine rings is 1. The van der Waals surface area contributed by atoms with E-state index in [4.69, 9.17) is 0 Å². The molecule has 19 heavy (non-hydrogen) atoms. The molecule has 0 bridgehead atoms. The average Bonchev–Trinajstić information content (AvgIpc) is 2.37. The quantitative estimate of drug-likeness (QED) is 0.775. The van der Waals surface area contributed by atoms with Crippen LogP contribution in [0.3, 0.4) is 0 Å². The number of hydrogen-bond acceptors (Lipinski definition) is 4. The normalized spacial score (nSPS) is 17.7. The number of sulfonamides is 1. The molecule has 2 rings (SSSR count). The van der Waals surface area contributed by atoms with Crippen LogP contribution in [0.15, 0.2) is 12.3 Å². The number of pyridine rings is 1. The molecule has 2 heterocycles. The lowest BCUT2D eigenvalue weighted by atomic mass is 10.2. The molecule has 0 aliphatic carbocycles. The Balaban J connectivity index is 2.10. The summed E-state index contributed by atoms with van der Waals surface area (Å²) in [6, 6.07) is 2.11. The summed E-state index contributed by atoms with van der Waals surface area (Å²) in [5.74, 6) is 0.956. The van der Waals surface area contributed by atoms with Gasteiger partial charge in [0.1, 0.15) is 5.82 Å². The summed E-state index contributed by atoms with van der Waals surface area (Å²) in [7, 11) is -3.07. The summed E-state index contributed by atoms with van der Waals surface area (Å²) in [5, 5.41) is 0.795. The van der Waals surface area contributed by atoms with Gasteiger partial charge in [0.15, 0.2) is 0 Å². The van der Waals surface area contributed by atoms with Crippen molar-refractivity contribution >= 4 is 31.8 Å². The first kappa shape index (κ1) is 14.7. The summed E-state index contributed by atoms with van der Waals surface area (Å²) in [5.41, 5.74) is 2.28. The number of halogens is 1. The molecule has 0 N–H and O–H groups in total. The average molecular weight is 348 g/mol. The predicted octanol–water partition coefficient (Wildman–Crippen LogP) is 1.37. The fourth-order valence-corrected chi connectivity index (χ4v) is 3.39. The Morgan fingerprint density at radius 1 is 1.32 bits per heavy atom. The van der Waals surface area contributed by atoms with Crippen LogP contribution in [0.1, 0.15) is 11.1 Å². The SMILES string of the molecule is Cc1cc(CBr)cnc1N1CCN(S(C)(=O)=O)CC1. The van der Waals surface area contributed by atoms with Gasteiger partial charge in [0.25, 0.3) is 0 Å². The number of anilines is 1. The van der Waals surface area contributed by atoms with Crippen LogP contribution in [0, 0.1) is 6.92 Å². The van der Waals surface area contributed by atoms with Gasteiger partial charge >= 0.3 is 0 Å². The summed E-state index contributed by atoms with van der Waals surface area (Å²) < 4.78 is 24.5. The molecular formula is C12H18BrN3O2S.